The zero-order valence-electron chi connectivity index (χ0n) is 12.3. The minimum absolute atomic E-state index is 0.0386. The van der Waals surface area contributed by atoms with Gasteiger partial charge in [0.05, 0.1) is 0 Å². The first-order valence-electron chi connectivity index (χ1n) is 7.30. The van der Waals surface area contributed by atoms with Gasteiger partial charge in [0, 0.05) is 16.6 Å². The minimum Gasteiger partial charge on any atom is -0.352 e. The van der Waals surface area contributed by atoms with E-state index in [-0.39, 0.29) is 5.91 Å². The number of benzene rings is 1. The molecule has 0 aliphatic carbocycles. The van der Waals surface area contributed by atoms with E-state index in [2.05, 4.69) is 33.2 Å². The summed E-state index contributed by atoms with van der Waals surface area (Å²) >= 11 is 3.47. The third-order valence-corrected chi connectivity index (χ3v) is 5.05. The molecule has 1 N–H and O–H groups in total. The van der Waals surface area contributed by atoms with Crippen molar-refractivity contribution in [1.82, 2.24) is 10.2 Å². The van der Waals surface area contributed by atoms with E-state index >= 15 is 0 Å². The van der Waals surface area contributed by atoms with E-state index in [1.807, 2.05) is 25.1 Å². The molecule has 1 aliphatic rings. The van der Waals surface area contributed by atoms with Crippen molar-refractivity contribution in [2.75, 3.05) is 26.7 Å². The van der Waals surface area contributed by atoms with Crippen LogP contribution in [0.4, 0.5) is 0 Å². The summed E-state index contributed by atoms with van der Waals surface area (Å²) in [5, 5.41) is 3.05. The van der Waals surface area contributed by atoms with Crippen LogP contribution in [0.1, 0.15) is 35.2 Å². The lowest BCUT2D eigenvalue weighted by Crippen LogP contribution is -2.32. The number of amides is 1. The van der Waals surface area contributed by atoms with Crippen LogP contribution < -0.4 is 5.32 Å². The molecule has 0 atom stereocenters. The topological polar surface area (TPSA) is 32.3 Å². The van der Waals surface area contributed by atoms with Crippen LogP contribution >= 0.6 is 15.9 Å². The highest BCUT2D eigenvalue weighted by atomic mass is 79.9. The Bertz CT molecular complexity index is 468. The van der Waals surface area contributed by atoms with Crippen LogP contribution in [0.25, 0.3) is 0 Å². The summed E-state index contributed by atoms with van der Waals surface area (Å²) in [6, 6.07) is 5.75. The van der Waals surface area contributed by atoms with Crippen molar-refractivity contribution in [2.24, 2.45) is 5.92 Å². The number of likely N-dealkylation sites (tertiary alicyclic amines) is 1. The average molecular weight is 339 g/mol. The first kappa shape index (κ1) is 15.5. The quantitative estimate of drug-likeness (QED) is 0.914. The summed E-state index contributed by atoms with van der Waals surface area (Å²) in [5.74, 6) is 0.798. The number of nitrogens with one attached hydrogen (secondary N) is 1. The van der Waals surface area contributed by atoms with Gasteiger partial charge in [-0.1, -0.05) is 22.0 Å². The molecule has 3 nitrogen and oxygen atoms in total. The zero-order chi connectivity index (χ0) is 14.5. The number of hydrogen-bond acceptors (Lipinski definition) is 2. The third-order valence-electron chi connectivity index (χ3n) is 4.19. The number of carbonyl (C=O) groups excluding carboxylic acids is 1. The molecule has 1 aromatic rings. The predicted molar refractivity (Wildman–Crippen MR) is 86.1 cm³/mol. The van der Waals surface area contributed by atoms with Gasteiger partial charge in [-0.2, -0.15) is 0 Å². The normalized spacial score (nSPS) is 17.1. The van der Waals surface area contributed by atoms with Crippen LogP contribution in [0, 0.1) is 12.8 Å². The fourth-order valence-electron chi connectivity index (χ4n) is 2.69. The molecule has 2 rings (SSSR count). The van der Waals surface area contributed by atoms with E-state index in [9.17, 15) is 4.79 Å². The molecule has 1 fully saturated rings. The van der Waals surface area contributed by atoms with Gasteiger partial charge in [0.25, 0.3) is 5.91 Å². The molecule has 1 heterocycles. The molecule has 1 aliphatic heterocycles. The number of hydrogen-bond donors (Lipinski definition) is 1. The molecule has 0 unspecified atom stereocenters. The number of halogens is 1. The lowest BCUT2D eigenvalue weighted by atomic mass is 9.94. The van der Waals surface area contributed by atoms with Crippen molar-refractivity contribution < 1.29 is 4.79 Å². The molecule has 110 valence electrons. The number of rotatable bonds is 4. The van der Waals surface area contributed by atoms with E-state index in [1.165, 1.54) is 25.9 Å². The number of carbonyl (C=O) groups is 1. The lowest BCUT2D eigenvalue weighted by molar-refractivity contribution is 0.0948. The van der Waals surface area contributed by atoms with Crippen molar-refractivity contribution in [3.05, 3.63) is 33.8 Å². The number of piperidine rings is 1. The summed E-state index contributed by atoms with van der Waals surface area (Å²) in [4.78, 5) is 14.5. The van der Waals surface area contributed by atoms with E-state index in [0.717, 1.165) is 34.5 Å². The van der Waals surface area contributed by atoms with E-state index < -0.39 is 0 Å². The Balaban J connectivity index is 1.79. The SMILES string of the molecule is Cc1c(Br)cccc1C(=O)NCCC1CCN(C)CC1. The summed E-state index contributed by atoms with van der Waals surface area (Å²) < 4.78 is 0.987. The van der Waals surface area contributed by atoms with Crippen LogP contribution in [0.15, 0.2) is 22.7 Å². The Hall–Kier alpha value is -0.870. The Morgan fingerprint density at radius 2 is 2.10 bits per heavy atom. The predicted octanol–water partition coefficient (Wildman–Crippen LogP) is 3.22. The fraction of sp³-hybridized carbons (Fsp3) is 0.562. The molecule has 0 radical (unpaired) electrons. The van der Waals surface area contributed by atoms with Gasteiger partial charge in [-0.3, -0.25) is 4.79 Å². The fourth-order valence-corrected chi connectivity index (χ4v) is 3.06. The van der Waals surface area contributed by atoms with Crippen LogP contribution in [0.5, 0.6) is 0 Å². The van der Waals surface area contributed by atoms with E-state index in [0.29, 0.717) is 0 Å². The van der Waals surface area contributed by atoms with Crippen LogP contribution in [0.3, 0.4) is 0 Å². The van der Waals surface area contributed by atoms with Gasteiger partial charge in [-0.25, -0.2) is 0 Å². The molecular weight excluding hydrogens is 316 g/mol. The second-order valence-corrected chi connectivity index (χ2v) is 6.56. The van der Waals surface area contributed by atoms with Crippen molar-refractivity contribution in [3.63, 3.8) is 0 Å². The van der Waals surface area contributed by atoms with Crippen molar-refractivity contribution >= 4 is 21.8 Å². The maximum Gasteiger partial charge on any atom is 0.251 e. The lowest BCUT2D eigenvalue weighted by Gasteiger charge is -2.28. The van der Waals surface area contributed by atoms with Gasteiger partial charge in [0.2, 0.25) is 0 Å². The summed E-state index contributed by atoms with van der Waals surface area (Å²) in [6.45, 7) is 5.11. The first-order chi connectivity index (χ1) is 9.58. The van der Waals surface area contributed by atoms with Crippen LogP contribution in [0.2, 0.25) is 0 Å². The molecular formula is C16H23BrN2O. The molecule has 4 heteroatoms. The Labute approximate surface area is 129 Å². The molecule has 0 saturated carbocycles. The molecule has 1 aromatic carbocycles. The molecule has 0 bridgehead atoms. The Morgan fingerprint density at radius 1 is 1.40 bits per heavy atom. The Kier molecular flexibility index (Phi) is 5.61. The maximum atomic E-state index is 12.2. The second kappa shape index (κ2) is 7.23. The largest absolute Gasteiger partial charge is 0.352 e. The van der Waals surface area contributed by atoms with Crippen molar-refractivity contribution in [1.29, 1.82) is 0 Å². The molecule has 1 amide bonds. The summed E-state index contributed by atoms with van der Waals surface area (Å²) in [7, 11) is 2.17. The molecule has 0 spiro atoms. The second-order valence-electron chi connectivity index (χ2n) is 5.70. The smallest absolute Gasteiger partial charge is 0.251 e. The first-order valence-corrected chi connectivity index (χ1v) is 8.09. The van der Waals surface area contributed by atoms with Gasteiger partial charge < -0.3 is 10.2 Å². The number of nitrogens with zero attached hydrogens (tertiary/aromatic N) is 1. The van der Waals surface area contributed by atoms with Crippen molar-refractivity contribution in [2.45, 2.75) is 26.2 Å². The van der Waals surface area contributed by atoms with Crippen LogP contribution in [-0.4, -0.2) is 37.5 Å². The van der Waals surface area contributed by atoms with Gasteiger partial charge in [-0.05, 0) is 69.9 Å². The highest BCUT2D eigenvalue weighted by Crippen LogP contribution is 2.20. The minimum atomic E-state index is 0.0386. The molecule has 1 saturated heterocycles. The molecule has 20 heavy (non-hydrogen) atoms. The van der Waals surface area contributed by atoms with Gasteiger partial charge in [0.15, 0.2) is 0 Å². The summed E-state index contributed by atoms with van der Waals surface area (Å²) in [5.41, 5.74) is 1.77. The Morgan fingerprint density at radius 3 is 2.80 bits per heavy atom. The van der Waals surface area contributed by atoms with E-state index in [4.69, 9.17) is 0 Å². The molecule has 0 aromatic heterocycles. The van der Waals surface area contributed by atoms with Gasteiger partial charge in [0.1, 0.15) is 0 Å². The highest BCUT2D eigenvalue weighted by molar-refractivity contribution is 9.10. The average Bonchev–Trinajstić information content (AvgIpc) is 2.44. The van der Waals surface area contributed by atoms with Gasteiger partial charge >= 0.3 is 0 Å². The standard InChI is InChI=1S/C16H23BrN2O/c1-12-14(4-3-5-15(12)17)16(20)18-9-6-13-7-10-19(2)11-8-13/h3-5,13H,6-11H2,1-2H3,(H,18,20). The highest BCUT2D eigenvalue weighted by Gasteiger charge is 2.17. The third kappa shape index (κ3) is 4.06. The summed E-state index contributed by atoms with van der Waals surface area (Å²) in [6.07, 6.45) is 3.59. The van der Waals surface area contributed by atoms with Crippen molar-refractivity contribution in [3.8, 4) is 0 Å². The monoisotopic (exact) mass is 338 g/mol. The zero-order valence-corrected chi connectivity index (χ0v) is 13.9. The van der Waals surface area contributed by atoms with E-state index in [1.54, 1.807) is 0 Å². The maximum absolute atomic E-state index is 12.2. The van der Waals surface area contributed by atoms with Crippen LogP contribution in [-0.2, 0) is 0 Å². The van der Waals surface area contributed by atoms with Gasteiger partial charge in [-0.15, -0.1) is 0 Å².